The van der Waals surface area contributed by atoms with Crippen molar-refractivity contribution in [2.45, 2.75) is 13.0 Å². The number of carbonyl (C=O) groups is 1. The maximum absolute atomic E-state index is 12.6. The van der Waals surface area contributed by atoms with Crippen molar-refractivity contribution in [3.05, 3.63) is 105 Å². The first-order chi connectivity index (χ1) is 17.0. The topological polar surface area (TPSA) is 73.1 Å². The molecule has 4 rings (SSSR count). The minimum absolute atomic E-state index is 0.158. The van der Waals surface area contributed by atoms with Crippen molar-refractivity contribution in [3.63, 3.8) is 0 Å². The van der Waals surface area contributed by atoms with Crippen LogP contribution in [0.2, 0.25) is 0 Å². The van der Waals surface area contributed by atoms with Crippen LogP contribution in [0, 0.1) is 0 Å². The number of rotatable bonds is 9. The Labute approximate surface area is 219 Å². The monoisotopic (exact) mass is 596 g/mol. The highest BCUT2D eigenvalue weighted by molar-refractivity contribution is 9.11. The van der Waals surface area contributed by atoms with Crippen LogP contribution in [-0.4, -0.2) is 19.2 Å². The molecule has 1 N–H and O–H groups in total. The largest absolute Gasteiger partial charge is 0.493 e. The van der Waals surface area contributed by atoms with Crippen LogP contribution in [0.25, 0.3) is 11.0 Å². The summed E-state index contributed by atoms with van der Waals surface area (Å²) in [5.74, 6) is 0.921. The fourth-order valence-electron chi connectivity index (χ4n) is 3.52. The number of benzene rings is 3. The van der Waals surface area contributed by atoms with Gasteiger partial charge in [-0.3, -0.25) is 4.79 Å². The Bertz CT molecular complexity index is 1400. The Morgan fingerprint density at radius 2 is 1.94 bits per heavy atom. The lowest BCUT2D eigenvalue weighted by Crippen LogP contribution is -2.16. The van der Waals surface area contributed by atoms with E-state index in [2.05, 4.69) is 49.0 Å². The van der Waals surface area contributed by atoms with Gasteiger partial charge >= 0.3 is 5.91 Å². The van der Waals surface area contributed by atoms with Gasteiger partial charge in [0.25, 0.3) is 0 Å². The number of methoxy groups -OCH3 is 1. The molecule has 0 spiro atoms. The van der Waals surface area contributed by atoms with Crippen LogP contribution in [-0.2, 0) is 13.0 Å². The van der Waals surface area contributed by atoms with E-state index in [4.69, 9.17) is 13.9 Å². The van der Waals surface area contributed by atoms with E-state index in [0.717, 1.165) is 31.0 Å². The van der Waals surface area contributed by atoms with Crippen LogP contribution < -0.4 is 14.9 Å². The SMILES string of the molecule is C=CCc1cc(/C=N\NC(=O)c2cc3cc(Br)cc(Br)c3o2)cc(OC)c1OCc1ccccc1. The number of allylic oxidation sites excluding steroid dienone is 1. The van der Waals surface area contributed by atoms with Gasteiger partial charge in [0.15, 0.2) is 17.3 Å². The molecule has 0 aliphatic heterocycles. The third kappa shape index (κ3) is 6.01. The summed E-state index contributed by atoms with van der Waals surface area (Å²) in [5, 5.41) is 4.90. The second-order valence-corrected chi connectivity index (χ2v) is 9.36. The lowest BCUT2D eigenvalue weighted by molar-refractivity contribution is 0.0929. The number of ether oxygens (including phenoxy) is 2. The van der Waals surface area contributed by atoms with Crippen molar-refractivity contribution in [2.75, 3.05) is 7.11 Å². The van der Waals surface area contributed by atoms with E-state index in [-0.39, 0.29) is 5.76 Å². The average Bonchev–Trinajstić information content (AvgIpc) is 3.28. The maximum Gasteiger partial charge on any atom is 0.307 e. The number of fused-ring (bicyclic) bond motifs is 1. The highest BCUT2D eigenvalue weighted by Gasteiger charge is 2.15. The molecule has 178 valence electrons. The highest BCUT2D eigenvalue weighted by Crippen LogP contribution is 2.34. The predicted octanol–water partition coefficient (Wildman–Crippen LogP) is 7.04. The van der Waals surface area contributed by atoms with Gasteiger partial charge in [0.2, 0.25) is 0 Å². The number of hydrogen-bond acceptors (Lipinski definition) is 5. The smallest absolute Gasteiger partial charge is 0.307 e. The normalized spacial score (nSPS) is 11.1. The molecule has 0 bridgehead atoms. The summed E-state index contributed by atoms with van der Waals surface area (Å²) in [4.78, 5) is 12.6. The van der Waals surface area contributed by atoms with Gasteiger partial charge in [0.1, 0.15) is 12.2 Å². The fourth-order valence-corrected chi connectivity index (χ4v) is 4.86. The van der Waals surface area contributed by atoms with Crippen molar-refractivity contribution in [1.82, 2.24) is 5.43 Å². The van der Waals surface area contributed by atoms with E-state index in [0.29, 0.717) is 30.1 Å². The van der Waals surface area contributed by atoms with Crippen molar-refractivity contribution in [1.29, 1.82) is 0 Å². The molecule has 1 heterocycles. The van der Waals surface area contributed by atoms with Gasteiger partial charge in [-0.2, -0.15) is 5.10 Å². The van der Waals surface area contributed by atoms with Crippen molar-refractivity contribution in [3.8, 4) is 11.5 Å². The number of hydrogen-bond donors (Lipinski definition) is 1. The molecule has 0 atom stereocenters. The van der Waals surface area contributed by atoms with Crippen molar-refractivity contribution < 1.29 is 18.7 Å². The first-order valence-corrected chi connectivity index (χ1v) is 12.3. The van der Waals surface area contributed by atoms with E-state index in [1.165, 1.54) is 0 Å². The number of nitrogens with one attached hydrogen (secondary N) is 1. The second-order valence-electron chi connectivity index (χ2n) is 7.59. The Morgan fingerprint density at radius 1 is 1.14 bits per heavy atom. The molecular formula is C27H22Br2N2O4. The van der Waals surface area contributed by atoms with E-state index < -0.39 is 5.91 Å². The van der Waals surface area contributed by atoms with E-state index >= 15 is 0 Å². The number of furan rings is 1. The molecule has 0 unspecified atom stereocenters. The van der Waals surface area contributed by atoms with Gasteiger partial charge in [-0.05, 0) is 63.8 Å². The Morgan fingerprint density at radius 3 is 2.69 bits per heavy atom. The Hall–Kier alpha value is -3.36. The Kier molecular flexibility index (Phi) is 8.05. The van der Waals surface area contributed by atoms with Gasteiger partial charge in [0, 0.05) is 15.4 Å². The van der Waals surface area contributed by atoms with Gasteiger partial charge in [-0.25, -0.2) is 5.43 Å². The van der Waals surface area contributed by atoms with Crippen molar-refractivity contribution >= 4 is 55.0 Å². The highest BCUT2D eigenvalue weighted by atomic mass is 79.9. The first-order valence-electron chi connectivity index (χ1n) is 10.7. The first kappa shape index (κ1) is 24.8. The molecule has 35 heavy (non-hydrogen) atoms. The summed E-state index contributed by atoms with van der Waals surface area (Å²) in [6.07, 6.45) is 3.92. The van der Waals surface area contributed by atoms with Crippen molar-refractivity contribution in [2.24, 2.45) is 5.10 Å². The zero-order valence-electron chi connectivity index (χ0n) is 18.9. The van der Waals surface area contributed by atoms with Crippen LogP contribution in [0.4, 0.5) is 0 Å². The molecule has 3 aromatic carbocycles. The predicted molar refractivity (Wildman–Crippen MR) is 144 cm³/mol. The third-order valence-electron chi connectivity index (χ3n) is 5.10. The maximum atomic E-state index is 12.6. The molecule has 0 fully saturated rings. The minimum Gasteiger partial charge on any atom is -0.493 e. The summed E-state index contributed by atoms with van der Waals surface area (Å²) >= 11 is 6.87. The zero-order valence-corrected chi connectivity index (χ0v) is 22.1. The van der Waals surface area contributed by atoms with Gasteiger partial charge < -0.3 is 13.9 Å². The van der Waals surface area contributed by atoms with Crippen LogP contribution in [0.5, 0.6) is 11.5 Å². The van der Waals surface area contributed by atoms with Crippen LogP contribution in [0.3, 0.4) is 0 Å². The molecular weight excluding hydrogens is 576 g/mol. The number of amides is 1. The molecule has 0 saturated heterocycles. The molecule has 0 saturated carbocycles. The van der Waals surface area contributed by atoms with Gasteiger partial charge in [-0.15, -0.1) is 6.58 Å². The molecule has 4 aromatic rings. The quantitative estimate of drug-likeness (QED) is 0.128. The number of halogens is 2. The molecule has 1 aromatic heterocycles. The summed E-state index contributed by atoms with van der Waals surface area (Å²) in [5.41, 5.74) is 5.79. The van der Waals surface area contributed by atoms with E-state index in [9.17, 15) is 4.79 Å². The average molecular weight is 598 g/mol. The number of nitrogens with zero attached hydrogens (tertiary/aromatic N) is 1. The Balaban J connectivity index is 1.51. The molecule has 0 aliphatic carbocycles. The summed E-state index contributed by atoms with van der Waals surface area (Å²) in [6, 6.07) is 19.0. The molecule has 0 radical (unpaired) electrons. The zero-order chi connectivity index (χ0) is 24.8. The molecule has 0 aliphatic rings. The summed E-state index contributed by atoms with van der Waals surface area (Å²) in [7, 11) is 1.59. The molecule has 6 nitrogen and oxygen atoms in total. The number of hydrazone groups is 1. The van der Waals surface area contributed by atoms with E-state index in [1.54, 1.807) is 31.5 Å². The number of carbonyl (C=O) groups excluding carboxylic acids is 1. The third-order valence-corrected chi connectivity index (χ3v) is 6.15. The molecule has 8 heteroatoms. The molecule has 1 amide bonds. The standard InChI is InChI=1S/C27H22Br2N2O4/c1-3-7-19-10-18(11-23(33-2)26(19)34-16-17-8-5-4-6-9-17)15-30-31-27(32)24-13-20-12-21(28)14-22(29)25(20)35-24/h3-6,8-15H,1,7,16H2,2H3,(H,31,32)/b30-15-. The van der Waals surface area contributed by atoms with Gasteiger partial charge in [-0.1, -0.05) is 52.3 Å². The van der Waals surface area contributed by atoms with Gasteiger partial charge in [0.05, 0.1) is 17.8 Å². The summed E-state index contributed by atoms with van der Waals surface area (Å²) < 4.78 is 19.0. The van der Waals surface area contributed by atoms with E-state index in [1.807, 2.05) is 48.5 Å². The summed E-state index contributed by atoms with van der Waals surface area (Å²) in [6.45, 7) is 4.26. The fraction of sp³-hybridized carbons (Fsp3) is 0.111. The lowest BCUT2D eigenvalue weighted by atomic mass is 10.1. The van der Waals surface area contributed by atoms with Crippen LogP contribution in [0.15, 0.2) is 91.8 Å². The lowest BCUT2D eigenvalue weighted by Gasteiger charge is -2.15. The minimum atomic E-state index is -0.457. The van der Waals surface area contributed by atoms with Crippen LogP contribution >= 0.6 is 31.9 Å². The van der Waals surface area contributed by atoms with Crippen LogP contribution in [0.1, 0.15) is 27.2 Å². The second kappa shape index (κ2) is 11.4.